The number of allylic oxidation sites excluding steroid dienone is 4. The standard InChI is InChI=1S/C10H20.C9H18.C8H16.C6H12/c1-3-5-7-9-10-8-6-4-2;1-3-5-7-9-8-6-4-2;1-3-5-7-8-6-4-2;1-3-5-6-4-2/h3H,1,4-10H2,2H3;3H,1,4-9H2,2H3;3H,1,4-8H2,2H3;3H,1,4-6H2,2H3. The van der Waals surface area contributed by atoms with Crippen molar-refractivity contribution >= 4 is 0 Å². The first-order valence-corrected chi connectivity index (χ1v) is 14.6. The fraction of sp³-hybridized carbons (Fsp3) is 0.758. The number of hydrogen-bond acceptors (Lipinski definition) is 0. The van der Waals surface area contributed by atoms with Gasteiger partial charge in [0.2, 0.25) is 0 Å². The highest BCUT2D eigenvalue weighted by Gasteiger charge is 1.87. The van der Waals surface area contributed by atoms with Crippen molar-refractivity contribution in [2.45, 2.75) is 163 Å². The summed E-state index contributed by atoms with van der Waals surface area (Å²) in [6, 6.07) is 0. The molecule has 0 amide bonds. The third kappa shape index (κ3) is 65.2. The second-order valence-electron chi connectivity index (χ2n) is 8.91. The van der Waals surface area contributed by atoms with Crippen molar-refractivity contribution in [3.63, 3.8) is 0 Å². The SMILES string of the molecule is C=CCCCC.C=CCCCCCC.C=CCCCCCCC.C=CCCCCCCCC. The van der Waals surface area contributed by atoms with E-state index in [1.807, 2.05) is 24.3 Å². The normalized spacial score (nSPS) is 9.21. The summed E-state index contributed by atoms with van der Waals surface area (Å²) in [5.74, 6) is 0. The Hall–Kier alpha value is -1.04. The van der Waals surface area contributed by atoms with Gasteiger partial charge in [0.25, 0.3) is 0 Å². The molecule has 0 nitrogen and oxygen atoms in total. The molecule has 0 heteroatoms. The van der Waals surface area contributed by atoms with Crippen LogP contribution in [-0.2, 0) is 0 Å². The van der Waals surface area contributed by atoms with Gasteiger partial charge < -0.3 is 0 Å². The lowest BCUT2D eigenvalue weighted by atomic mass is 10.1. The van der Waals surface area contributed by atoms with Gasteiger partial charge in [0.05, 0.1) is 0 Å². The molecule has 0 fully saturated rings. The van der Waals surface area contributed by atoms with Gasteiger partial charge >= 0.3 is 0 Å². The van der Waals surface area contributed by atoms with Gasteiger partial charge in [-0.3, -0.25) is 0 Å². The quantitative estimate of drug-likeness (QED) is 0.117. The summed E-state index contributed by atoms with van der Waals surface area (Å²) in [5, 5.41) is 0. The Labute approximate surface area is 213 Å². The maximum absolute atomic E-state index is 3.69. The Kier molecular flexibility index (Phi) is 57.5. The lowest BCUT2D eigenvalue weighted by molar-refractivity contribution is 0.611. The van der Waals surface area contributed by atoms with Crippen molar-refractivity contribution in [1.82, 2.24) is 0 Å². The highest BCUT2D eigenvalue weighted by atomic mass is 13.9. The summed E-state index contributed by atoms with van der Waals surface area (Å²) in [7, 11) is 0. The van der Waals surface area contributed by atoms with E-state index >= 15 is 0 Å². The minimum absolute atomic E-state index is 1.18. The maximum atomic E-state index is 3.69. The van der Waals surface area contributed by atoms with Crippen LogP contribution >= 0.6 is 0 Å². The lowest BCUT2D eigenvalue weighted by Gasteiger charge is -1.96. The van der Waals surface area contributed by atoms with Gasteiger partial charge in [-0.05, 0) is 44.9 Å². The van der Waals surface area contributed by atoms with Gasteiger partial charge in [-0.15, -0.1) is 26.3 Å². The van der Waals surface area contributed by atoms with Crippen LogP contribution in [-0.4, -0.2) is 0 Å². The van der Waals surface area contributed by atoms with Gasteiger partial charge in [-0.1, -0.05) is 142 Å². The smallest absolute Gasteiger partial charge is 0.0353 e. The molecule has 0 unspecified atom stereocenters. The largest absolute Gasteiger partial charge is 0.103 e. The Bertz CT molecular complexity index is 325. The summed E-state index contributed by atoms with van der Waals surface area (Å²) in [4.78, 5) is 0. The minimum Gasteiger partial charge on any atom is -0.103 e. The molecular weight excluding hydrogens is 396 g/mol. The molecule has 0 saturated heterocycles. The molecule has 198 valence electrons. The van der Waals surface area contributed by atoms with Crippen molar-refractivity contribution in [1.29, 1.82) is 0 Å². The van der Waals surface area contributed by atoms with Crippen molar-refractivity contribution < 1.29 is 0 Å². The zero-order valence-electron chi connectivity index (χ0n) is 24.0. The Balaban J connectivity index is -0.000000173. The van der Waals surface area contributed by atoms with Gasteiger partial charge in [-0.2, -0.15) is 0 Å². The molecule has 33 heavy (non-hydrogen) atoms. The second kappa shape index (κ2) is 48.4. The minimum atomic E-state index is 1.18. The Morgan fingerprint density at radius 1 is 0.303 bits per heavy atom. The summed E-state index contributed by atoms with van der Waals surface area (Å²) >= 11 is 0. The summed E-state index contributed by atoms with van der Waals surface area (Å²) in [5.41, 5.74) is 0. The van der Waals surface area contributed by atoms with E-state index in [1.165, 1.54) is 135 Å². The predicted octanol–water partition coefficient (Wildman–Crippen LogP) is 13.0. The number of unbranched alkanes of at least 4 members (excludes halogenated alkanes) is 17. The first kappa shape index (κ1) is 39.2. The van der Waals surface area contributed by atoms with E-state index in [2.05, 4.69) is 54.0 Å². The van der Waals surface area contributed by atoms with Crippen LogP contribution in [0.3, 0.4) is 0 Å². The third-order valence-corrected chi connectivity index (χ3v) is 5.30. The van der Waals surface area contributed by atoms with Crippen LogP contribution in [0.5, 0.6) is 0 Å². The van der Waals surface area contributed by atoms with Crippen molar-refractivity contribution in [2.24, 2.45) is 0 Å². The van der Waals surface area contributed by atoms with E-state index in [1.54, 1.807) is 0 Å². The molecule has 0 radical (unpaired) electrons. The molecule has 0 atom stereocenters. The van der Waals surface area contributed by atoms with Crippen LogP contribution in [0.15, 0.2) is 50.6 Å². The molecule has 0 rings (SSSR count). The van der Waals surface area contributed by atoms with Crippen molar-refractivity contribution in [3.05, 3.63) is 50.6 Å². The van der Waals surface area contributed by atoms with E-state index in [0.717, 1.165) is 0 Å². The molecule has 0 heterocycles. The molecule has 0 aromatic heterocycles. The molecule has 0 bridgehead atoms. The average molecular weight is 463 g/mol. The van der Waals surface area contributed by atoms with E-state index in [0.29, 0.717) is 0 Å². The van der Waals surface area contributed by atoms with Gasteiger partial charge in [-0.25, -0.2) is 0 Å². The first-order valence-electron chi connectivity index (χ1n) is 14.6. The molecular formula is C33H66. The van der Waals surface area contributed by atoms with E-state index in [-0.39, 0.29) is 0 Å². The maximum Gasteiger partial charge on any atom is -0.0353 e. The van der Waals surface area contributed by atoms with Crippen LogP contribution in [0.2, 0.25) is 0 Å². The fourth-order valence-corrected chi connectivity index (χ4v) is 3.03. The average Bonchev–Trinajstić information content (AvgIpc) is 2.84. The topological polar surface area (TPSA) is 0 Å². The zero-order valence-corrected chi connectivity index (χ0v) is 24.0. The van der Waals surface area contributed by atoms with Crippen LogP contribution in [0, 0.1) is 0 Å². The Morgan fingerprint density at radius 2 is 0.515 bits per heavy atom. The van der Waals surface area contributed by atoms with E-state index in [9.17, 15) is 0 Å². The van der Waals surface area contributed by atoms with Crippen molar-refractivity contribution in [2.75, 3.05) is 0 Å². The summed E-state index contributed by atoms with van der Waals surface area (Å²) in [6.45, 7) is 23.5. The second-order valence-corrected chi connectivity index (χ2v) is 8.91. The Morgan fingerprint density at radius 3 is 0.758 bits per heavy atom. The first-order chi connectivity index (χ1) is 16.2. The van der Waals surface area contributed by atoms with Gasteiger partial charge in [0, 0.05) is 0 Å². The number of hydrogen-bond donors (Lipinski definition) is 0. The van der Waals surface area contributed by atoms with E-state index < -0.39 is 0 Å². The monoisotopic (exact) mass is 463 g/mol. The van der Waals surface area contributed by atoms with E-state index in [4.69, 9.17) is 0 Å². The van der Waals surface area contributed by atoms with Crippen LogP contribution in [0.4, 0.5) is 0 Å². The molecule has 0 saturated carbocycles. The van der Waals surface area contributed by atoms with Crippen LogP contribution < -0.4 is 0 Å². The predicted molar refractivity (Wildman–Crippen MR) is 160 cm³/mol. The third-order valence-electron chi connectivity index (χ3n) is 5.30. The molecule has 0 aromatic carbocycles. The summed E-state index contributed by atoms with van der Waals surface area (Å²) < 4.78 is 0. The highest BCUT2D eigenvalue weighted by molar-refractivity contribution is 4.66. The fourth-order valence-electron chi connectivity index (χ4n) is 3.03. The van der Waals surface area contributed by atoms with Crippen molar-refractivity contribution in [3.8, 4) is 0 Å². The van der Waals surface area contributed by atoms with Crippen LogP contribution in [0.25, 0.3) is 0 Å². The molecule has 0 aliphatic carbocycles. The molecule has 0 aliphatic heterocycles. The highest BCUT2D eigenvalue weighted by Crippen LogP contribution is 2.06. The lowest BCUT2D eigenvalue weighted by Crippen LogP contribution is -1.76. The molecule has 0 aromatic rings. The molecule has 0 N–H and O–H groups in total. The summed E-state index contributed by atoms with van der Waals surface area (Å²) in [6.07, 6.45) is 36.0. The zero-order chi connectivity index (χ0) is 25.7. The molecule has 0 aliphatic rings. The van der Waals surface area contributed by atoms with Crippen LogP contribution in [0.1, 0.15) is 163 Å². The number of rotatable bonds is 21. The van der Waals surface area contributed by atoms with Gasteiger partial charge in [0.1, 0.15) is 0 Å². The van der Waals surface area contributed by atoms with Gasteiger partial charge in [0.15, 0.2) is 0 Å². The molecule has 0 spiro atoms.